The van der Waals surface area contributed by atoms with Gasteiger partial charge in [0.25, 0.3) is 5.91 Å². The highest BCUT2D eigenvalue weighted by Crippen LogP contribution is 2.23. The van der Waals surface area contributed by atoms with Gasteiger partial charge in [-0.05, 0) is 36.4 Å². The van der Waals surface area contributed by atoms with Crippen molar-refractivity contribution < 1.29 is 14.1 Å². The minimum Gasteiger partial charge on any atom is -0.497 e. The van der Waals surface area contributed by atoms with Crippen LogP contribution in [0.2, 0.25) is 0 Å². The van der Waals surface area contributed by atoms with Gasteiger partial charge in [-0.25, -0.2) is 0 Å². The number of carbonyl (C=O) groups is 1. The summed E-state index contributed by atoms with van der Waals surface area (Å²) < 4.78 is 10.7. The molecule has 0 unspecified atom stereocenters. The number of methoxy groups -OCH3 is 1. The normalized spacial score (nSPS) is 14.8. The van der Waals surface area contributed by atoms with Crippen LogP contribution in [0.3, 0.4) is 0 Å². The van der Waals surface area contributed by atoms with Crippen LogP contribution < -0.4 is 4.74 Å². The highest BCUT2D eigenvalue weighted by Gasteiger charge is 2.23. The Morgan fingerprint density at radius 1 is 1.04 bits per heavy atom. The third-order valence-electron chi connectivity index (χ3n) is 5.00. The van der Waals surface area contributed by atoms with Crippen LogP contribution >= 0.6 is 0 Å². The van der Waals surface area contributed by atoms with E-state index in [9.17, 15) is 4.79 Å². The lowest BCUT2D eigenvalue weighted by Crippen LogP contribution is -2.48. The van der Waals surface area contributed by atoms with Gasteiger partial charge in [0.1, 0.15) is 11.4 Å². The molecule has 0 bridgehead atoms. The van der Waals surface area contributed by atoms with E-state index in [0.717, 1.165) is 41.4 Å². The van der Waals surface area contributed by atoms with Crippen LogP contribution in [0, 0.1) is 0 Å². The van der Waals surface area contributed by atoms with Crippen molar-refractivity contribution in [2.24, 2.45) is 0 Å². The van der Waals surface area contributed by atoms with E-state index < -0.39 is 0 Å². The van der Waals surface area contributed by atoms with Gasteiger partial charge in [-0.2, -0.15) is 0 Å². The molecule has 2 aromatic carbocycles. The van der Waals surface area contributed by atoms with Crippen molar-refractivity contribution in [2.75, 3.05) is 33.3 Å². The molecule has 2 heterocycles. The zero-order valence-corrected chi connectivity index (χ0v) is 15.9. The molecule has 1 aromatic heterocycles. The summed E-state index contributed by atoms with van der Waals surface area (Å²) in [6.07, 6.45) is 0. The van der Waals surface area contributed by atoms with Gasteiger partial charge in [0, 0.05) is 43.4 Å². The van der Waals surface area contributed by atoms with Gasteiger partial charge in [0.2, 0.25) is 0 Å². The number of hydrogen-bond donors (Lipinski definition) is 0. The molecular weight excluding hydrogens is 354 g/mol. The third kappa shape index (κ3) is 4.07. The second kappa shape index (κ2) is 8.27. The highest BCUT2D eigenvalue weighted by molar-refractivity contribution is 5.94. The van der Waals surface area contributed by atoms with Gasteiger partial charge in [-0.1, -0.05) is 23.4 Å². The molecule has 1 aliphatic heterocycles. The molecule has 1 fully saturated rings. The smallest absolute Gasteiger partial charge is 0.253 e. The van der Waals surface area contributed by atoms with Gasteiger partial charge in [0.15, 0.2) is 5.76 Å². The second-order valence-corrected chi connectivity index (χ2v) is 6.84. The fourth-order valence-corrected chi connectivity index (χ4v) is 3.38. The Morgan fingerprint density at radius 3 is 2.43 bits per heavy atom. The van der Waals surface area contributed by atoms with Gasteiger partial charge in [-0.3, -0.25) is 9.69 Å². The van der Waals surface area contributed by atoms with E-state index in [1.165, 1.54) is 0 Å². The van der Waals surface area contributed by atoms with E-state index in [1.54, 1.807) is 7.11 Å². The van der Waals surface area contributed by atoms with Crippen molar-refractivity contribution >= 4 is 5.91 Å². The molecule has 1 saturated heterocycles. The standard InChI is InChI=1S/C22H23N3O3/c1-27-19-9-7-17(8-10-19)21-15-20(28-23-21)16-24-11-13-25(14-12-24)22(26)18-5-3-2-4-6-18/h2-10,15H,11-14,16H2,1H3. The topological polar surface area (TPSA) is 58.8 Å². The number of hydrogen-bond acceptors (Lipinski definition) is 5. The number of aromatic nitrogens is 1. The first-order valence-electron chi connectivity index (χ1n) is 9.39. The average molecular weight is 377 g/mol. The summed E-state index contributed by atoms with van der Waals surface area (Å²) in [6, 6.07) is 19.2. The lowest BCUT2D eigenvalue weighted by molar-refractivity contribution is 0.0617. The molecule has 0 atom stereocenters. The van der Waals surface area contributed by atoms with E-state index in [1.807, 2.05) is 65.6 Å². The first-order chi connectivity index (χ1) is 13.7. The van der Waals surface area contributed by atoms with E-state index >= 15 is 0 Å². The quantitative estimate of drug-likeness (QED) is 0.683. The van der Waals surface area contributed by atoms with E-state index in [0.29, 0.717) is 19.6 Å². The lowest BCUT2D eigenvalue weighted by atomic mass is 10.1. The van der Waals surface area contributed by atoms with Crippen LogP contribution in [0.4, 0.5) is 0 Å². The molecule has 28 heavy (non-hydrogen) atoms. The highest BCUT2D eigenvalue weighted by atomic mass is 16.5. The Balaban J connectivity index is 1.32. The fourth-order valence-electron chi connectivity index (χ4n) is 3.38. The minimum absolute atomic E-state index is 0.0988. The summed E-state index contributed by atoms with van der Waals surface area (Å²) in [5.74, 6) is 1.74. The first-order valence-corrected chi connectivity index (χ1v) is 9.39. The van der Waals surface area contributed by atoms with E-state index in [4.69, 9.17) is 9.26 Å². The van der Waals surface area contributed by atoms with Crippen LogP contribution in [0.5, 0.6) is 5.75 Å². The van der Waals surface area contributed by atoms with E-state index in [-0.39, 0.29) is 5.91 Å². The molecule has 1 aliphatic rings. The summed E-state index contributed by atoms with van der Waals surface area (Å²) >= 11 is 0. The zero-order chi connectivity index (χ0) is 19.3. The summed E-state index contributed by atoms with van der Waals surface area (Å²) in [4.78, 5) is 16.7. The van der Waals surface area contributed by atoms with Gasteiger partial charge < -0.3 is 14.2 Å². The van der Waals surface area contributed by atoms with Crippen molar-refractivity contribution in [2.45, 2.75) is 6.54 Å². The molecule has 0 spiro atoms. The Kier molecular flexibility index (Phi) is 5.39. The minimum atomic E-state index is 0.0988. The molecule has 3 aromatic rings. The molecule has 0 N–H and O–H groups in total. The molecule has 0 radical (unpaired) electrons. The average Bonchev–Trinajstić information content (AvgIpc) is 3.23. The van der Waals surface area contributed by atoms with Crippen molar-refractivity contribution in [1.82, 2.24) is 15.0 Å². The zero-order valence-electron chi connectivity index (χ0n) is 15.9. The summed E-state index contributed by atoms with van der Waals surface area (Å²) in [5.41, 5.74) is 2.56. The van der Waals surface area contributed by atoms with Crippen LogP contribution in [0.25, 0.3) is 11.3 Å². The van der Waals surface area contributed by atoms with Crippen molar-refractivity contribution in [3.8, 4) is 17.0 Å². The van der Waals surface area contributed by atoms with Gasteiger partial charge in [-0.15, -0.1) is 0 Å². The molecule has 6 heteroatoms. The maximum absolute atomic E-state index is 12.5. The SMILES string of the molecule is COc1ccc(-c2cc(CN3CCN(C(=O)c4ccccc4)CC3)on2)cc1. The number of benzene rings is 2. The van der Waals surface area contributed by atoms with Crippen molar-refractivity contribution in [1.29, 1.82) is 0 Å². The number of rotatable bonds is 5. The fraction of sp³-hybridized carbons (Fsp3) is 0.273. The molecule has 144 valence electrons. The van der Waals surface area contributed by atoms with Gasteiger partial charge in [0.05, 0.1) is 13.7 Å². The predicted molar refractivity (Wildman–Crippen MR) is 106 cm³/mol. The van der Waals surface area contributed by atoms with Gasteiger partial charge >= 0.3 is 0 Å². The van der Waals surface area contributed by atoms with Crippen LogP contribution in [-0.4, -0.2) is 54.2 Å². The number of carbonyl (C=O) groups excluding carboxylic acids is 1. The predicted octanol–water partition coefficient (Wildman–Crippen LogP) is 3.31. The van der Waals surface area contributed by atoms with E-state index in [2.05, 4.69) is 10.1 Å². The van der Waals surface area contributed by atoms with Crippen LogP contribution in [0.15, 0.2) is 65.2 Å². The van der Waals surface area contributed by atoms with Crippen molar-refractivity contribution in [3.05, 3.63) is 72.0 Å². The number of nitrogens with zero attached hydrogens (tertiary/aromatic N) is 3. The first kappa shape index (κ1) is 18.3. The maximum atomic E-state index is 12.5. The largest absolute Gasteiger partial charge is 0.497 e. The molecule has 4 rings (SSSR count). The third-order valence-corrected chi connectivity index (χ3v) is 5.00. The number of piperazine rings is 1. The Bertz CT molecular complexity index is 914. The monoisotopic (exact) mass is 377 g/mol. The number of amides is 1. The summed E-state index contributed by atoms with van der Waals surface area (Å²) in [6.45, 7) is 3.76. The second-order valence-electron chi connectivity index (χ2n) is 6.84. The Hall–Kier alpha value is -3.12. The summed E-state index contributed by atoms with van der Waals surface area (Å²) in [7, 11) is 1.65. The number of ether oxygens (including phenoxy) is 1. The van der Waals surface area contributed by atoms with Crippen molar-refractivity contribution in [3.63, 3.8) is 0 Å². The summed E-state index contributed by atoms with van der Waals surface area (Å²) in [5, 5.41) is 4.18. The Morgan fingerprint density at radius 2 is 1.75 bits per heavy atom. The lowest BCUT2D eigenvalue weighted by Gasteiger charge is -2.34. The Labute approximate surface area is 164 Å². The maximum Gasteiger partial charge on any atom is 0.253 e. The molecule has 1 amide bonds. The van der Waals surface area contributed by atoms with Crippen LogP contribution in [0.1, 0.15) is 16.1 Å². The van der Waals surface area contributed by atoms with Crippen LogP contribution in [-0.2, 0) is 6.54 Å². The molecule has 0 saturated carbocycles. The molecule has 0 aliphatic carbocycles. The molecular formula is C22H23N3O3. The molecule has 6 nitrogen and oxygen atoms in total.